The molecule has 11 heteroatoms. The summed E-state index contributed by atoms with van der Waals surface area (Å²) in [7, 11) is 2.32. The van der Waals surface area contributed by atoms with Crippen molar-refractivity contribution in [1.29, 1.82) is 0 Å². The second-order valence-electron chi connectivity index (χ2n) is 4.34. The number of methoxy groups -OCH3 is 2. The summed E-state index contributed by atoms with van der Waals surface area (Å²) in [6, 6.07) is 2.58. The second-order valence-corrected chi connectivity index (χ2v) is 4.34. The molecule has 2 aromatic heterocycles. The maximum Gasteiger partial charge on any atom is 0.433 e. The maximum absolute atomic E-state index is 12.8. The van der Waals surface area contributed by atoms with E-state index in [1.807, 2.05) is 0 Å². The van der Waals surface area contributed by atoms with Crippen LogP contribution in [0.5, 0.6) is 5.88 Å². The zero-order valence-corrected chi connectivity index (χ0v) is 12.4. The van der Waals surface area contributed by atoms with E-state index in [1.165, 1.54) is 7.11 Å². The van der Waals surface area contributed by atoms with Crippen molar-refractivity contribution < 1.29 is 27.4 Å². The third-order valence-electron chi connectivity index (χ3n) is 2.76. The minimum absolute atomic E-state index is 0.0761. The number of halogens is 3. The predicted octanol–water partition coefficient (Wildman–Crippen LogP) is 1.72. The van der Waals surface area contributed by atoms with Gasteiger partial charge in [-0.2, -0.15) is 18.2 Å². The van der Waals surface area contributed by atoms with Crippen LogP contribution in [-0.2, 0) is 10.9 Å². The summed E-state index contributed by atoms with van der Waals surface area (Å²) in [4.78, 5) is 32.5. The highest BCUT2D eigenvalue weighted by Crippen LogP contribution is 2.30. The summed E-state index contributed by atoms with van der Waals surface area (Å²) in [6.07, 6.45) is -4.72. The Kier molecular flexibility index (Phi) is 4.71. The second kappa shape index (κ2) is 6.56. The third-order valence-corrected chi connectivity index (χ3v) is 2.76. The molecule has 0 aromatic carbocycles. The van der Waals surface area contributed by atoms with Crippen molar-refractivity contribution in [3.8, 4) is 5.88 Å². The molecular weight excluding hydrogens is 333 g/mol. The molecule has 0 saturated heterocycles. The SMILES string of the molecule is COC(=O)c1ccc(C(F)(F)F)nc1Nc1nc(OC)cc(=O)[nH]1. The monoisotopic (exact) mass is 344 g/mol. The highest BCUT2D eigenvalue weighted by atomic mass is 19.4. The Labute approximate surface area is 132 Å². The van der Waals surface area contributed by atoms with Gasteiger partial charge in [-0.25, -0.2) is 9.78 Å². The number of carbonyl (C=O) groups is 1. The molecule has 0 aliphatic heterocycles. The number of pyridine rings is 1. The van der Waals surface area contributed by atoms with E-state index >= 15 is 0 Å². The average molecular weight is 344 g/mol. The molecule has 0 spiro atoms. The first-order chi connectivity index (χ1) is 11.2. The van der Waals surface area contributed by atoms with E-state index in [-0.39, 0.29) is 17.4 Å². The van der Waals surface area contributed by atoms with Gasteiger partial charge in [0.15, 0.2) is 0 Å². The summed E-state index contributed by atoms with van der Waals surface area (Å²) in [5.74, 6) is -1.72. The van der Waals surface area contributed by atoms with Crippen molar-refractivity contribution in [2.24, 2.45) is 0 Å². The van der Waals surface area contributed by atoms with Gasteiger partial charge in [-0.1, -0.05) is 0 Å². The Morgan fingerprint density at radius 3 is 2.54 bits per heavy atom. The number of rotatable bonds is 4. The van der Waals surface area contributed by atoms with Crippen LogP contribution in [0.1, 0.15) is 16.1 Å². The Morgan fingerprint density at radius 1 is 1.25 bits per heavy atom. The van der Waals surface area contributed by atoms with Crippen LogP contribution in [0.2, 0.25) is 0 Å². The molecule has 0 saturated carbocycles. The summed E-state index contributed by atoms with van der Waals surface area (Å²) >= 11 is 0. The van der Waals surface area contributed by atoms with Gasteiger partial charge in [0.2, 0.25) is 11.8 Å². The smallest absolute Gasteiger partial charge is 0.433 e. The molecule has 2 heterocycles. The third kappa shape index (κ3) is 3.80. The van der Waals surface area contributed by atoms with Crippen LogP contribution in [0.4, 0.5) is 24.9 Å². The highest BCUT2D eigenvalue weighted by Gasteiger charge is 2.33. The van der Waals surface area contributed by atoms with Gasteiger partial charge >= 0.3 is 12.1 Å². The molecule has 8 nitrogen and oxygen atoms in total. The maximum atomic E-state index is 12.8. The summed E-state index contributed by atoms with van der Waals surface area (Å²) in [5.41, 5.74) is -2.12. The van der Waals surface area contributed by atoms with Gasteiger partial charge in [0, 0.05) is 0 Å². The molecule has 0 amide bonds. The molecule has 0 atom stereocenters. The van der Waals surface area contributed by atoms with Crippen molar-refractivity contribution in [1.82, 2.24) is 15.0 Å². The zero-order valence-electron chi connectivity index (χ0n) is 12.4. The number of hydrogen-bond donors (Lipinski definition) is 2. The fourth-order valence-electron chi connectivity index (χ4n) is 1.70. The Bertz CT molecular complexity index is 820. The van der Waals surface area contributed by atoms with Crippen LogP contribution in [0.15, 0.2) is 23.0 Å². The van der Waals surface area contributed by atoms with Crippen LogP contribution in [-0.4, -0.2) is 35.1 Å². The van der Waals surface area contributed by atoms with Crippen molar-refractivity contribution in [2.45, 2.75) is 6.18 Å². The van der Waals surface area contributed by atoms with Gasteiger partial charge in [-0.05, 0) is 12.1 Å². The number of nitrogens with zero attached hydrogens (tertiary/aromatic N) is 2. The standard InChI is InChI=1S/C13H11F3N4O4/c1-23-9-5-8(21)18-12(19-9)20-10-6(11(22)24-2)3-4-7(17-10)13(14,15)16/h3-5H,1-2H3,(H2,17,18,19,20,21). The number of aromatic amines is 1. The Balaban J connectivity index is 2.52. The van der Waals surface area contributed by atoms with E-state index in [0.29, 0.717) is 6.07 Å². The van der Waals surface area contributed by atoms with E-state index in [1.54, 1.807) is 0 Å². The Hall–Kier alpha value is -3.11. The summed E-state index contributed by atoms with van der Waals surface area (Å²) in [6.45, 7) is 0. The molecule has 128 valence electrons. The first-order valence-corrected chi connectivity index (χ1v) is 6.33. The van der Waals surface area contributed by atoms with Crippen LogP contribution < -0.4 is 15.6 Å². The lowest BCUT2D eigenvalue weighted by atomic mass is 10.2. The topological polar surface area (TPSA) is 106 Å². The molecule has 24 heavy (non-hydrogen) atoms. The van der Waals surface area contributed by atoms with Gasteiger partial charge in [-0.15, -0.1) is 0 Å². The molecule has 2 aromatic rings. The van der Waals surface area contributed by atoms with Crippen molar-refractivity contribution >= 4 is 17.7 Å². The minimum atomic E-state index is -4.72. The minimum Gasteiger partial charge on any atom is -0.481 e. The number of alkyl halides is 3. The number of ether oxygens (including phenoxy) is 2. The van der Waals surface area contributed by atoms with Crippen molar-refractivity contribution in [2.75, 3.05) is 19.5 Å². The van der Waals surface area contributed by atoms with Crippen molar-refractivity contribution in [3.63, 3.8) is 0 Å². The van der Waals surface area contributed by atoms with Gasteiger partial charge < -0.3 is 14.8 Å². The Morgan fingerprint density at radius 2 is 1.96 bits per heavy atom. The van der Waals surface area contributed by atoms with Crippen LogP contribution in [0, 0.1) is 0 Å². The van der Waals surface area contributed by atoms with Crippen LogP contribution in [0.3, 0.4) is 0 Å². The number of esters is 1. The number of aromatic nitrogens is 3. The lowest BCUT2D eigenvalue weighted by Gasteiger charge is -2.12. The highest BCUT2D eigenvalue weighted by molar-refractivity contribution is 5.95. The summed E-state index contributed by atoms with van der Waals surface area (Å²) < 4.78 is 47.7. The lowest BCUT2D eigenvalue weighted by molar-refractivity contribution is -0.141. The van der Waals surface area contributed by atoms with Gasteiger partial charge in [0.25, 0.3) is 5.56 Å². The van der Waals surface area contributed by atoms with E-state index in [2.05, 4.69) is 25.0 Å². The normalized spacial score (nSPS) is 11.0. The van der Waals surface area contributed by atoms with Crippen LogP contribution >= 0.6 is 0 Å². The molecule has 2 N–H and O–H groups in total. The molecule has 0 aliphatic rings. The fourth-order valence-corrected chi connectivity index (χ4v) is 1.70. The quantitative estimate of drug-likeness (QED) is 0.814. The van der Waals surface area contributed by atoms with E-state index < -0.39 is 29.2 Å². The van der Waals surface area contributed by atoms with Gasteiger partial charge in [0.1, 0.15) is 17.1 Å². The number of nitrogens with one attached hydrogen (secondary N) is 2. The molecule has 0 fully saturated rings. The number of carbonyl (C=O) groups excluding carboxylic acids is 1. The molecule has 2 rings (SSSR count). The average Bonchev–Trinajstić information content (AvgIpc) is 2.52. The van der Waals surface area contributed by atoms with Gasteiger partial charge in [-0.3, -0.25) is 9.78 Å². The number of H-pyrrole nitrogens is 1. The number of hydrogen-bond acceptors (Lipinski definition) is 7. The molecule has 0 radical (unpaired) electrons. The number of anilines is 2. The zero-order chi connectivity index (χ0) is 17.9. The molecule has 0 aliphatic carbocycles. The van der Waals surface area contributed by atoms with Crippen LogP contribution in [0.25, 0.3) is 0 Å². The first kappa shape index (κ1) is 17.2. The molecule has 0 unspecified atom stereocenters. The molecule has 0 bridgehead atoms. The van der Waals surface area contributed by atoms with Gasteiger partial charge in [0.05, 0.1) is 20.3 Å². The van der Waals surface area contributed by atoms with E-state index in [4.69, 9.17) is 4.74 Å². The molecular formula is C13H11F3N4O4. The largest absolute Gasteiger partial charge is 0.481 e. The predicted molar refractivity (Wildman–Crippen MR) is 75.3 cm³/mol. The lowest BCUT2D eigenvalue weighted by Crippen LogP contribution is -2.16. The van der Waals surface area contributed by atoms with E-state index in [0.717, 1.165) is 19.2 Å². The summed E-state index contributed by atoms with van der Waals surface area (Å²) in [5, 5.41) is 2.36. The van der Waals surface area contributed by atoms with E-state index in [9.17, 15) is 22.8 Å². The fraction of sp³-hybridized carbons (Fsp3) is 0.231. The first-order valence-electron chi connectivity index (χ1n) is 6.33. The van der Waals surface area contributed by atoms with Crippen molar-refractivity contribution in [3.05, 3.63) is 39.8 Å².